The van der Waals surface area contributed by atoms with Gasteiger partial charge in [0.05, 0.1) is 0 Å². The molecule has 0 aliphatic heterocycles. The van der Waals surface area contributed by atoms with Gasteiger partial charge in [-0.15, -0.1) is 0 Å². The molecule has 0 saturated heterocycles. The summed E-state index contributed by atoms with van der Waals surface area (Å²) in [6.45, 7) is 28.7. The monoisotopic (exact) mass is 1040 g/mol. The Hall–Kier alpha value is -5.20. The number of hydrogen-bond donors (Lipinski definition) is 0. The van der Waals surface area contributed by atoms with Gasteiger partial charge < -0.3 is 0 Å². The molecule has 6 aromatic carbocycles. The van der Waals surface area contributed by atoms with E-state index in [0.29, 0.717) is 22.7 Å². The van der Waals surface area contributed by atoms with Crippen LogP contribution in [0.15, 0.2) is 169 Å². The summed E-state index contributed by atoms with van der Waals surface area (Å²) in [6, 6.07) is 50.4. The molecule has 0 radical (unpaired) electrons. The van der Waals surface area contributed by atoms with Crippen LogP contribution in [0.3, 0.4) is 0 Å². The zero-order valence-electron chi connectivity index (χ0n) is 49.2. The van der Waals surface area contributed by atoms with Crippen LogP contribution in [-0.2, 0) is 18.3 Å². The first-order valence-corrected chi connectivity index (χ1v) is 30.1. The Labute approximate surface area is 476 Å². The van der Waals surface area contributed by atoms with Gasteiger partial charge in [0.2, 0.25) is 0 Å². The first-order chi connectivity index (χ1) is 36.2. The summed E-state index contributed by atoms with van der Waals surface area (Å²) in [5, 5.41) is 2.88. The van der Waals surface area contributed by atoms with E-state index in [1.165, 1.54) is 87.8 Å². The third-order valence-electron chi connectivity index (χ3n) is 19.8. The highest BCUT2D eigenvalue weighted by Gasteiger charge is 2.53. The molecule has 0 heterocycles. The largest absolute Gasteiger partial charge is 0.0842 e. The quantitative estimate of drug-likeness (QED) is 0.105. The molecule has 0 nitrogen and oxygen atoms in total. The van der Waals surface area contributed by atoms with Gasteiger partial charge in [0.1, 0.15) is 0 Å². The molecular weight excluding hydrogens is 937 g/mol. The molecule has 1 saturated carbocycles. The first-order valence-electron chi connectivity index (χ1n) is 30.1. The highest BCUT2D eigenvalue weighted by atomic mass is 14.6. The third-order valence-corrected chi connectivity index (χ3v) is 19.8. The van der Waals surface area contributed by atoms with Crippen LogP contribution in [0.4, 0.5) is 0 Å². The van der Waals surface area contributed by atoms with E-state index in [0.717, 1.165) is 30.1 Å². The van der Waals surface area contributed by atoms with Crippen LogP contribution in [0, 0.1) is 27.6 Å². The Morgan fingerprint density at radius 3 is 1.69 bits per heavy atom. The van der Waals surface area contributed by atoms with E-state index in [1.54, 1.807) is 66.8 Å². The van der Waals surface area contributed by atoms with Gasteiger partial charge in [0.15, 0.2) is 0 Å². The SMILES string of the molecule is C.C.CC(C)(C)C12CC(CCc3ccccc31)c1ccccc12.CC(C)(C)C1C=CCC2=C(CCC=C2)C1.CC(C)(C)C1CCCCc2c1ccc1ccccc21.CC(C)(C)C1c2ccccc2C2CC(C2)c2ccccc21. The van der Waals surface area contributed by atoms with Crippen LogP contribution in [0.25, 0.3) is 10.8 Å². The molecule has 0 spiro atoms. The van der Waals surface area contributed by atoms with Crippen molar-refractivity contribution >= 4 is 10.8 Å². The van der Waals surface area contributed by atoms with E-state index in [4.69, 9.17) is 0 Å². The summed E-state index contributed by atoms with van der Waals surface area (Å²) in [5.41, 5.74) is 20.7. The number of aryl methyl sites for hydroxylation is 2. The topological polar surface area (TPSA) is 0 Å². The predicted octanol–water partition coefficient (Wildman–Crippen LogP) is 22.9. The van der Waals surface area contributed by atoms with Crippen LogP contribution in [0.5, 0.6) is 0 Å². The minimum Gasteiger partial charge on any atom is -0.0842 e. The molecule has 0 amide bonds. The molecule has 414 valence electrons. The lowest BCUT2D eigenvalue weighted by Gasteiger charge is -2.45. The fraction of sp³-hybridized carbons (Fsp3) is 0.487. The van der Waals surface area contributed by atoms with E-state index >= 15 is 0 Å². The van der Waals surface area contributed by atoms with Crippen molar-refractivity contribution < 1.29 is 0 Å². The van der Waals surface area contributed by atoms with Crippen LogP contribution in [0.1, 0.15) is 254 Å². The molecule has 4 atom stereocenters. The van der Waals surface area contributed by atoms with Gasteiger partial charge in [-0.1, -0.05) is 268 Å². The average Bonchev–Trinajstić information content (AvgIpc) is 3.64. The van der Waals surface area contributed by atoms with Crippen molar-refractivity contribution in [3.05, 3.63) is 225 Å². The van der Waals surface area contributed by atoms with Crippen molar-refractivity contribution in [3.8, 4) is 0 Å². The third kappa shape index (κ3) is 11.7. The van der Waals surface area contributed by atoms with Gasteiger partial charge in [-0.3, -0.25) is 0 Å². The van der Waals surface area contributed by atoms with Crippen molar-refractivity contribution in [2.24, 2.45) is 27.6 Å². The van der Waals surface area contributed by atoms with Crippen LogP contribution >= 0.6 is 0 Å². The van der Waals surface area contributed by atoms with Crippen LogP contribution < -0.4 is 0 Å². The smallest absolute Gasteiger partial charge is 0.0262 e. The van der Waals surface area contributed by atoms with Gasteiger partial charge >= 0.3 is 0 Å². The van der Waals surface area contributed by atoms with Crippen LogP contribution in [-0.4, -0.2) is 0 Å². The molecule has 0 N–H and O–H groups in total. The van der Waals surface area contributed by atoms with E-state index in [1.807, 2.05) is 0 Å². The average molecular weight is 1040 g/mol. The van der Waals surface area contributed by atoms with Crippen molar-refractivity contribution in [1.29, 1.82) is 0 Å². The van der Waals surface area contributed by atoms with Gasteiger partial charge in [0, 0.05) is 11.3 Å². The maximum Gasteiger partial charge on any atom is 0.0262 e. The summed E-state index contributed by atoms with van der Waals surface area (Å²) >= 11 is 0. The lowest BCUT2D eigenvalue weighted by Crippen LogP contribution is -2.39. The lowest BCUT2D eigenvalue weighted by atomic mass is 9.59. The number of fused-ring (bicyclic) bond motifs is 10. The Bertz CT molecular complexity index is 3030. The Balaban J connectivity index is 0.000000137. The number of rotatable bonds is 0. The molecule has 4 bridgehead atoms. The van der Waals surface area contributed by atoms with Crippen LogP contribution in [0.2, 0.25) is 0 Å². The van der Waals surface area contributed by atoms with E-state index in [-0.39, 0.29) is 31.1 Å². The molecule has 14 rings (SSSR count). The molecule has 0 aromatic heterocycles. The summed E-state index contributed by atoms with van der Waals surface area (Å²) in [6.07, 6.45) is 26.2. The number of hydrogen-bond acceptors (Lipinski definition) is 0. The maximum absolute atomic E-state index is 2.44. The summed E-state index contributed by atoms with van der Waals surface area (Å²) in [5.74, 6) is 4.23. The predicted molar refractivity (Wildman–Crippen MR) is 342 cm³/mol. The second kappa shape index (κ2) is 23.5. The maximum atomic E-state index is 2.44. The number of benzene rings is 6. The minimum absolute atomic E-state index is 0. The zero-order chi connectivity index (χ0) is 53.6. The highest BCUT2D eigenvalue weighted by molar-refractivity contribution is 5.87. The van der Waals surface area contributed by atoms with Crippen molar-refractivity contribution in [1.82, 2.24) is 0 Å². The standard InChI is InChI=1S/2C21H24.C19H24.C15H22.2CH4/c1-21(2,3)20-18-10-6-4-8-16(18)14-12-15(13-14)17-9-5-7-11-19(17)20;1-20(2,3)21-14-16(17-9-5-7-11-19(17)21)13-12-15-8-4-6-10-18(15)21;1-19(2,3)18-11-7-6-10-16-15-9-5-4-8-14(15)12-13-17(16)18;1-15(2,3)14-10-6-9-12-7-4-5-8-13(12)11-14;;/h4-11,14-15,20H,12-13H2,1-3H3;4-11,16H,12-14H2,1-3H3;4-5,8-9,12-13,18H,6-7,10-11H2,1-3H3;4,6-7,10,14H,5,8-9,11H2,1-3H3;2*1H4. The summed E-state index contributed by atoms with van der Waals surface area (Å²) < 4.78 is 0. The van der Waals surface area contributed by atoms with Gasteiger partial charge in [-0.2, -0.15) is 0 Å². The minimum atomic E-state index is 0. The summed E-state index contributed by atoms with van der Waals surface area (Å²) in [4.78, 5) is 0. The first kappa shape index (κ1) is 58.9. The molecule has 6 aromatic rings. The molecule has 4 unspecified atom stereocenters. The zero-order valence-corrected chi connectivity index (χ0v) is 49.2. The Morgan fingerprint density at radius 1 is 0.474 bits per heavy atom. The van der Waals surface area contributed by atoms with E-state index in [2.05, 4.69) is 241 Å². The lowest BCUT2D eigenvalue weighted by molar-refractivity contribution is 0.220. The van der Waals surface area contributed by atoms with Crippen molar-refractivity contribution in [2.75, 3.05) is 0 Å². The molecule has 78 heavy (non-hydrogen) atoms. The molecule has 8 aliphatic carbocycles. The van der Waals surface area contributed by atoms with E-state index < -0.39 is 0 Å². The summed E-state index contributed by atoms with van der Waals surface area (Å²) in [7, 11) is 0. The molecular formula is C78H102. The van der Waals surface area contributed by atoms with Gasteiger partial charge in [0.25, 0.3) is 0 Å². The fourth-order valence-corrected chi connectivity index (χ4v) is 15.6. The van der Waals surface area contributed by atoms with Crippen molar-refractivity contribution in [3.63, 3.8) is 0 Å². The second-order valence-electron chi connectivity index (χ2n) is 28.7. The Kier molecular flexibility index (Phi) is 17.7. The highest BCUT2D eigenvalue weighted by Crippen LogP contribution is 2.62. The normalized spacial score (nSPS) is 24.5. The molecule has 0 heteroatoms. The fourth-order valence-electron chi connectivity index (χ4n) is 15.6. The Morgan fingerprint density at radius 2 is 1.06 bits per heavy atom. The molecule has 8 aliphatic rings. The number of allylic oxidation sites excluding steroid dienone is 6. The van der Waals surface area contributed by atoms with Gasteiger partial charge in [-0.25, -0.2) is 0 Å². The van der Waals surface area contributed by atoms with Crippen molar-refractivity contribution in [2.45, 2.75) is 216 Å². The second-order valence-corrected chi connectivity index (χ2v) is 28.7. The van der Waals surface area contributed by atoms with Gasteiger partial charge in [-0.05, 0) is 200 Å². The van der Waals surface area contributed by atoms with E-state index in [9.17, 15) is 0 Å². The molecule has 1 fully saturated rings.